The molecule has 0 aliphatic rings. The number of allylic oxidation sites excluding steroid dienone is 24. The lowest BCUT2D eigenvalue weighted by atomic mass is 10.1. The van der Waals surface area contributed by atoms with Gasteiger partial charge in [0.05, 0.1) is 26.4 Å². The van der Waals surface area contributed by atoms with Gasteiger partial charge in [0.15, 0.2) is 12.2 Å². The van der Waals surface area contributed by atoms with Gasteiger partial charge in [0.2, 0.25) is 0 Å². The zero-order valence-electron chi connectivity index (χ0n) is 60.7. The van der Waals surface area contributed by atoms with Crippen LogP contribution in [-0.2, 0) is 65.4 Å². The van der Waals surface area contributed by atoms with Crippen LogP contribution in [0.25, 0.3) is 0 Å². The van der Waals surface area contributed by atoms with Crippen LogP contribution >= 0.6 is 15.6 Å². The molecule has 0 saturated carbocycles. The fourth-order valence-corrected chi connectivity index (χ4v) is 10.7. The summed E-state index contributed by atoms with van der Waals surface area (Å²) in [6, 6.07) is 0. The molecule has 0 radical (unpaired) electrons. The minimum Gasteiger partial charge on any atom is -0.462 e. The van der Waals surface area contributed by atoms with E-state index in [1.165, 1.54) is 12.8 Å². The lowest BCUT2D eigenvalue weighted by molar-refractivity contribution is -0.161. The summed E-state index contributed by atoms with van der Waals surface area (Å²) < 4.78 is 68.3. The van der Waals surface area contributed by atoms with Crippen molar-refractivity contribution in [2.24, 2.45) is 0 Å². The van der Waals surface area contributed by atoms with Crippen molar-refractivity contribution in [1.29, 1.82) is 0 Å². The van der Waals surface area contributed by atoms with Crippen LogP contribution in [0, 0.1) is 0 Å². The molecule has 0 saturated heterocycles. The van der Waals surface area contributed by atoms with Crippen molar-refractivity contribution in [3.05, 3.63) is 146 Å². The first kappa shape index (κ1) is 92.9. The second-order valence-corrected chi connectivity index (χ2v) is 27.0. The van der Waals surface area contributed by atoms with Crippen molar-refractivity contribution in [3.63, 3.8) is 0 Å². The van der Waals surface area contributed by atoms with Gasteiger partial charge < -0.3 is 33.8 Å². The van der Waals surface area contributed by atoms with Gasteiger partial charge in [0, 0.05) is 25.7 Å². The summed E-state index contributed by atoms with van der Waals surface area (Å²) >= 11 is 0. The molecule has 19 heteroatoms. The molecule has 0 aromatic heterocycles. The molecule has 558 valence electrons. The number of phosphoric ester groups is 2. The van der Waals surface area contributed by atoms with Crippen LogP contribution in [-0.4, -0.2) is 96.7 Å². The molecule has 0 rings (SSSR count). The standard InChI is InChI=1S/C79H130O17P2/c1-5-9-13-17-21-25-29-32-34-35-36-37-39-42-45-48-52-56-60-64-77(82)89-69-74(95-78(83)65-61-57-53-49-43-28-24-20-16-12-8-4)71-93-97(85,86)91-67-73(80)68-92-98(87,88)94-72-75(96-79(84)66-62-58-54-50-46-40-31-27-23-19-15-11-7-3)70-90-76(81)63-59-55-51-47-44-41-38-33-30-26-22-18-14-10-6-2/h9-10,13-15,19-22,24-27,31-34,36-38,42,44-45,47,73-75,80H,5-8,11-12,16-18,23,28-30,35,39-41,43,46,48-72H2,1-4H3,(H,85,86)(H,87,88)/b13-9-,14-10-,19-15-,24-20-,25-21-,26-22-,31-27-,34-32-,37-36-,38-33-,45-42-,47-44-. The number of aliphatic hydroxyl groups excluding tert-OH is 1. The van der Waals surface area contributed by atoms with Gasteiger partial charge in [-0.25, -0.2) is 9.13 Å². The third-order valence-corrected chi connectivity index (χ3v) is 16.7. The van der Waals surface area contributed by atoms with Crippen molar-refractivity contribution < 1.29 is 80.2 Å². The van der Waals surface area contributed by atoms with E-state index in [0.717, 1.165) is 180 Å². The largest absolute Gasteiger partial charge is 0.472 e. The molecular formula is C79H130O17P2. The molecule has 17 nitrogen and oxygen atoms in total. The highest BCUT2D eigenvalue weighted by molar-refractivity contribution is 7.47. The highest BCUT2D eigenvalue weighted by atomic mass is 31.2. The molecule has 0 aliphatic heterocycles. The Morgan fingerprint density at radius 2 is 0.551 bits per heavy atom. The van der Waals surface area contributed by atoms with Gasteiger partial charge >= 0.3 is 39.5 Å². The normalized spacial score (nSPS) is 14.8. The number of hydrogen-bond acceptors (Lipinski definition) is 15. The predicted molar refractivity (Wildman–Crippen MR) is 399 cm³/mol. The summed E-state index contributed by atoms with van der Waals surface area (Å²) in [7, 11) is -9.98. The van der Waals surface area contributed by atoms with Crippen LogP contribution in [0.1, 0.15) is 272 Å². The molecule has 0 heterocycles. The number of rotatable bonds is 68. The van der Waals surface area contributed by atoms with Crippen molar-refractivity contribution >= 4 is 39.5 Å². The maximum absolute atomic E-state index is 13.1. The molecule has 0 aliphatic carbocycles. The number of carbonyl (C=O) groups is 4. The lowest BCUT2D eigenvalue weighted by Crippen LogP contribution is -2.30. The number of phosphoric acid groups is 2. The SMILES string of the molecule is CC/C=C\C/C=C\C/C=C\C/C=C\C/C=C\CCCCCC(=O)OCC(COP(=O)(O)OCC(O)COP(=O)(O)OCC(COC(=O)CCCC/C=C\C/C=C\C/C=C\C/C=C\CC)OC(=O)CCCCCCC/C=C\C/C=C\CCC)OC(=O)CCCCCCC/C=C\CCCC. The third kappa shape index (κ3) is 69.4. The van der Waals surface area contributed by atoms with Gasteiger partial charge in [-0.05, 0) is 154 Å². The highest BCUT2D eigenvalue weighted by Crippen LogP contribution is 2.45. The fraction of sp³-hybridized carbons (Fsp3) is 0.646. The molecule has 0 spiro atoms. The van der Waals surface area contributed by atoms with E-state index in [4.69, 9.17) is 37.0 Å². The third-order valence-electron chi connectivity index (χ3n) is 14.7. The van der Waals surface area contributed by atoms with E-state index in [0.29, 0.717) is 25.7 Å². The van der Waals surface area contributed by atoms with E-state index in [-0.39, 0.29) is 25.7 Å². The quantitative estimate of drug-likeness (QED) is 0.0169. The fourth-order valence-electron chi connectivity index (χ4n) is 9.14. The molecule has 0 aromatic carbocycles. The maximum atomic E-state index is 13.1. The zero-order chi connectivity index (χ0) is 71.8. The van der Waals surface area contributed by atoms with Crippen LogP contribution in [0.2, 0.25) is 0 Å². The summed E-state index contributed by atoms with van der Waals surface area (Å²) in [5, 5.41) is 10.6. The summed E-state index contributed by atoms with van der Waals surface area (Å²) in [6.07, 6.45) is 78.6. The molecule has 0 fully saturated rings. The highest BCUT2D eigenvalue weighted by Gasteiger charge is 2.30. The summed E-state index contributed by atoms with van der Waals surface area (Å²) in [4.78, 5) is 72.7. The van der Waals surface area contributed by atoms with Crippen LogP contribution in [0.15, 0.2) is 146 Å². The molecule has 0 bridgehead atoms. The molecule has 3 N–H and O–H groups in total. The second-order valence-electron chi connectivity index (χ2n) is 24.1. The Hall–Kier alpha value is -5.06. The Morgan fingerprint density at radius 1 is 0.296 bits per heavy atom. The van der Waals surface area contributed by atoms with Gasteiger partial charge in [0.25, 0.3) is 0 Å². The van der Waals surface area contributed by atoms with Gasteiger partial charge in [-0.1, -0.05) is 238 Å². The molecule has 5 unspecified atom stereocenters. The lowest BCUT2D eigenvalue weighted by Gasteiger charge is -2.21. The first-order chi connectivity index (χ1) is 47.7. The van der Waals surface area contributed by atoms with E-state index >= 15 is 0 Å². The number of ether oxygens (including phenoxy) is 4. The molecule has 0 aromatic rings. The monoisotopic (exact) mass is 1410 g/mol. The first-order valence-electron chi connectivity index (χ1n) is 37.1. The van der Waals surface area contributed by atoms with Gasteiger partial charge in [-0.15, -0.1) is 0 Å². The van der Waals surface area contributed by atoms with Crippen molar-refractivity contribution in [2.45, 2.75) is 290 Å². The average molecular weight is 1410 g/mol. The predicted octanol–water partition coefficient (Wildman–Crippen LogP) is 21.1. The average Bonchev–Trinajstić information content (AvgIpc) is 1.00. The van der Waals surface area contributed by atoms with Gasteiger partial charge in [0.1, 0.15) is 19.3 Å². The number of esters is 4. The topological polar surface area (TPSA) is 237 Å². The molecular weight excluding hydrogens is 1280 g/mol. The Kier molecular flexibility index (Phi) is 66.7. The number of carbonyl (C=O) groups excluding carboxylic acids is 4. The Morgan fingerprint density at radius 3 is 0.898 bits per heavy atom. The van der Waals surface area contributed by atoms with E-state index < -0.39 is 97.5 Å². The van der Waals surface area contributed by atoms with Crippen molar-refractivity contribution in [1.82, 2.24) is 0 Å². The van der Waals surface area contributed by atoms with Crippen molar-refractivity contribution in [3.8, 4) is 0 Å². The Labute approximate surface area is 592 Å². The van der Waals surface area contributed by atoms with E-state index in [1.807, 2.05) is 0 Å². The first-order valence-corrected chi connectivity index (χ1v) is 40.1. The molecule has 5 atom stereocenters. The Bertz CT molecular complexity index is 2430. The molecule has 0 amide bonds. The van der Waals surface area contributed by atoms with Crippen LogP contribution in [0.4, 0.5) is 0 Å². The number of unbranched alkanes of at least 4 members (excludes halogenated alkanes) is 18. The smallest absolute Gasteiger partial charge is 0.462 e. The van der Waals surface area contributed by atoms with E-state index in [9.17, 15) is 43.2 Å². The van der Waals surface area contributed by atoms with Gasteiger partial charge in [-0.2, -0.15) is 0 Å². The van der Waals surface area contributed by atoms with Crippen LogP contribution < -0.4 is 0 Å². The zero-order valence-corrected chi connectivity index (χ0v) is 62.4. The summed E-state index contributed by atoms with van der Waals surface area (Å²) in [5.41, 5.74) is 0. The van der Waals surface area contributed by atoms with E-state index in [1.54, 1.807) is 0 Å². The number of hydrogen-bond donors (Lipinski definition) is 3. The maximum Gasteiger partial charge on any atom is 0.472 e. The number of aliphatic hydroxyl groups is 1. The minimum atomic E-state index is -4.99. The molecule has 98 heavy (non-hydrogen) atoms. The van der Waals surface area contributed by atoms with Crippen molar-refractivity contribution in [2.75, 3.05) is 39.6 Å². The van der Waals surface area contributed by atoms with Crippen LogP contribution in [0.5, 0.6) is 0 Å². The van der Waals surface area contributed by atoms with Crippen LogP contribution in [0.3, 0.4) is 0 Å². The second kappa shape index (κ2) is 70.4. The summed E-state index contributed by atoms with van der Waals surface area (Å²) in [6.45, 7) is 4.40. The summed E-state index contributed by atoms with van der Waals surface area (Å²) in [5.74, 6) is -2.30. The Balaban J connectivity index is 5.39. The van der Waals surface area contributed by atoms with Gasteiger partial charge in [-0.3, -0.25) is 37.3 Å². The minimum absolute atomic E-state index is 0.0647. The van der Waals surface area contributed by atoms with E-state index in [2.05, 4.69) is 174 Å².